The number of benzene rings is 2. The summed E-state index contributed by atoms with van der Waals surface area (Å²) in [6, 6.07) is 13.3. The first-order valence-electron chi connectivity index (χ1n) is 14.9. The number of thiazole rings is 1. The summed E-state index contributed by atoms with van der Waals surface area (Å²) >= 11 is 8.08. The Morgan fingerprint density at radius 1 is 0.902 bits per heavy atom. The van der Waals surface area contributed by atoms with Gasteiger partial charge in [-0.1, -0.05) is 119 Å². The van der Waals surface area contributed by atoms with Crippen molar-refractivity contribution in [1.82, 2.24) is 0 Å². The second-order valence-corrected chi connectivity index (χ2v) is 11.6. The van der Waals surface area contributed by atoms with Crippen LogP contribution in [0.25, 0.3) is 0 Å². The van der Waals surface area contributed by atoms with Crippen LogP contribution in [0.4, 0.5) is 5.69 Å². The molecule has 0 radical (unpaired) electrons. The maximum atomic E-state index is 12.6. The van der Waals surface area contributed by atoms with Crippen LogP contribution in [0.2, 0.25) is 5.02 Å². The quantitative estimate of drug-likeness (QED) is 0.116. The zero-order valence-corrected chi connectivity index (χ0v) is 27.8. The van der Waals surface area contributed by atoms with E-state index in [4.69, 9.17) is 21.1 Å². The molecule has 0 atom stereocenters. The van der Waals surface area contributed by atoms with Crippen LogP contribution < -0.4 is 36.3 Å². The zero-order valence-electron chi connectivity index (χ0n) is 24.6. The smallest absolute Gasteiger partial charge is 0.262 e. The molecule has 0 saturated carbocycles. The van der Waals surface area contributed by atoms with E-state index in [2.05, 4.69) is 40.7 Å². The number of aromatic nitrogens is 1. The fourth-order valence-corrected chi connectivity index (χ4v) is 5.66. The average Bonchev–Trinajstić information content (AvgIpc) is 3.35. The summed E-state index contributed by atoms with van der Waals surface area (Å²) < 4.78 is 14.0. The average molecular weight is 666 g/mol. The molecule has 0 aliphatic carbocycles. The van der Waals surface area contributed by atoms with Crippen molar-refractivity contribution in [2.75, 3.05) is 18.5 Å². The van der Waals surface area contributed by atoms with Gasteiger partial charge in [0.1, 0.15) is 0 Å². The molecule has 3 aromatic rings. The van der Waals surface area contributed by atoms with Crippen LogP contribution in [0, 0.1) is 6.92 Å². The maximum absolute atomic E-state index is 12.6. The Hall–Kier alpha value is -2.09. The summed E-state index contributed by atoms with van der Waals surface area (Å²) in [5.41, 5.74) is 5.17. The lowest BCUT2D eigenvalue weighted by atomic mass is 10.1. The number of anilines is 1. The van der Waals surface area contributed by atoms with Gasteiger partial charge in [0, 0.05) is 18.2 Å². The number of para-hydroxylation sites is 1. The Labute approximate surface area is 266 Å². The number of hydrogen-bond donors (Lipinski definition) is 1. The van der Waals surface area contributed by atoms with E-state index in [0.29, 0.717) is 23.1 Å². The van der Waals surface area contributed by atoms with Gasteiger partial charge in [-0.3, -0.25) is 4.79 Å². The second kappa shape index (κ2) is 20.7. The number of halogens is 2. The highest BCUT2D eigenvalue weighted by Crippen LogP contribution is 2.35. The molecule has 2 aromatic carbocycles. The molecule has 3 rings (SSSR count). The van der Waals surface area contributed by atoms with Crippen LogP contribution in [-0.4, -0.2) is 19.1 Å². The monoisotopic (exact) mass is 664 g/mol. The molecule has 1 amide bonds. The van der Waals surface area contributed by atoms with Gasteiger partial charge in [0.25, 0.3) is 5.91 Å². The van der Waals surface area contributed by atoms with Gasteiger partial charge >= 0.3 is 0 Å². The van der Waals surface area contributed by atoms with Crippen molar-refractivity contribution in [3.05, 3.63) is 69.6 Å². The molecule has 0 aliphatic rings. The number of aryl methyl sites for hydroxylation is 1. The number of hydrogen-bond acceptors (Lipinski definition) is 4. The van der Waals surface area contributed by atoms with Crippen molar-refractivity contribution in [2.45, 2.75) is 97.4 Å². The second-order valence-electron chi connectivity index (χ2n) is 10.5. The minimum absolute atomic E-state index is 0. The first-order valence-corrected chi connectivity index (χ1v) is 16.2. The zero-order chi connectivity index (χ0) is 28.4. The standard InChI is InChI=1S/C33H45ClN2O3S.BrH/c1-3-4-5-6-7-8-9-10-11-12-13-14-21-38-33-30(34)19-16-20-31(33)39-24-32(37)35-29-18-15-17-28(22-29)23-36-26-40-25-27(36)2;/h15-20,22,25-26H,3-14,21,23-24H2,1-2H3;1H. The Bertz CT molecular complexity index is 1160. The van der Waals surface area contributed by atoms with Crippen molar-refractivity contribution >= 4 is 34.5 Å². The normalized spacial score (nSPS) is 10.7. The predicted octanol–water partition coefficient (Wildman–Crippen LogP) is 6.15. The van der Waals surface area contributed by atoms with Crippen molar-refractivity contribution in [2.24, 2.45) is 0 Å². The summed E-state index contributed by atoms with van der Waals surface area (Å²) in [6.45, 7) is 5.57. The third kappa shape index (κ3) is 13.6. The maximum Gasteiger partial charge on any atom is 0.262 e. The van der Waals surface area contributed by atoms with Crippen LogP contribution in [0.5, 0.6) is 11.5 Å². The molecule has 5 nitrogen and oxygen atoms in total. The van der Waals surface area contributed by atoms with E-state index in [1.165, 1.54) is 69.9 Å². The van der Waals surface area contributed by atoms with Gasteiger partial charge in [-0.05, 0) is 30.7 Å². The first kappa shape index (κ1) is 35.1. The van der Waals surface area contributed by atoms with Gasteiger partial charge in [-0.2, -0.15) is 4.57 Å². The van der Waals surface area contributed by atoms with Gasteiger partial charge in [0.05, 0.1) is 17.0 Å². The fourth-order valence-electron chi connectivity index (χ4n) is 4.66. The number of carbonyl (C=O) groups excluding carboxylic acids is 1. The third-order valence-electron chi connectivity index (χ3n) is 6.98. The largest absolute Gasteiger partial charge is 1.00 e. The molecule has 8 heteroatoms. The highest BCUT2D eigenvalue weighted by molar-refractivity contribution is 7.07. The number of nitrogens with one attached hydrogen (secondary N) is 1. The molecule has 226 valence electrons. The molecule has 1 N–H and O–H groups in total. The Balaban J connectivity index is 0.00000588. The minimum atomic E-state index is -0.233. The molecular formula is C33H46BrClN2O3S. The predicted molar refractivity (Wildman–Crippen MR) is 167 cm³/mol. The SMILES string of the molecule is CCCCCCCCCCCCCCOc1c(Cl)cccc1OCC(=O)Nc1cccc(C[n+]2cscc2C)c1.[Br-]. The Morgan fingerprint density at radius 2 is 1.56 bits per heavy atom. The lowest BCUT2D eigenvalue weighted by Crippen LogP contribution is -3.00. The van der Waals surface area contributed by atoms with Gasteiger partial charge in [-0.15, -0.1) is 0 Å². The van der Waals surface area contributed by atoms with Gasteiger partial charge in [0.2, 0.25) is 5.51 Å². The minimum Gasteiger partial charge on any atom is -1.00 e. The van der Waals surface area contributed by atoms with Crippen LogP contribution in [-0.2, 0) is 11.3 Å². The molecule has 0 fully saturated rings. The molecule has 0 bridgehead atoms. The Kier molecular flexibility index (Phi) is 17.8. The number of nitrogens with zero attached hydrogens (tertiary/aromatic N) is 1. The number of unbranched alkanes of at least 4 members (excludes halogenated alkanes) is 11. The highest BCUT2D eigenvalue weighted by atomic mass is 79.9. The van der Waals surface area contributed by atoms with Crippen LogP contribution in [0.15, 0.2) is 53.4 Å². The van der Waals surface area contributed by atoms with Crippen molar-refractivity contribution < 1.29 is 35.8 Å². The summed E-state index contributed by atoms with van der Waals surface area (Å²) in [4.78, 5) is 12.6. The first-order chi connectivity index (χ1) is 19.6. The van der Waals surface area contributed by atoms with Gasteiger partial charge < -0.3 is 31.8 Å². The van der Waals surface area contributed by atoms with E-state index in [-0.39, 0.29) is 29.5 Å². The number of rotatable bonds is 20. The van der Waals surface area contributed by atoms with Crippen LogP contribution >= 0.6 is 22.9 Å². The lowest BCUT2D eigenvalue weighted by molar-refractivity contribution is -0.689. The molecule has 0 aliphatic heterocycles. The Morgan fingerprint density at radius 3 is 2.22 bits per heavy atom. The molecule has 1 aromatic heterocycles. The van der Waals surface area contributed by atoms with Crippen molar-refractivity contribution in [3.8, 4) is 11.5 Å². The van der Waals surface area contributed by atoms with E-state index in [9.17, 15) is 4.79 Å². The lowest BCUT2D eigenvalue weighted by Gasteiger charge is -2.14. The van der Waals surface area contributed by atoms with Crippen molar-refractivity contribution in [3.63, 3.8) is 0 Å². The van der Waals surface area contributed by atoms with E-state index in [1.807, 2.05) is 18.2 Å². The van der Waals surface area contributed by atoms with Gasteiger partial charge in [0.15, 0.2) is 30.3 Å². The summed E-state index contributed by atoms with van der Waals surface area (Å²) in [6.07, 6.45) is 15.6. The molecule has 0 unspecified atom stereocenters. The summed E-state index contributed by atoms with van der Waals surface area (Å²) in [5.74, 6) is 0.758. The van der Waals surface area contributed by atoms with Gasteiger partial charge in [-0.25, -0.2) is 0 Å². The van der Waals surface area contributed by atoms with E-state index >= 15 is 0 Å². The molecule has 41 heavy (non-hydrogen) atoms. The summed E-state index contributed by atoms with van der Waals surface area (Å²) in [7, 11) is 0. The fraction of sp³-hybridized carbons (Fsp3) is 0.515. The summed E-state index contributed by atoms with van der Waals surface area (Å²) in [5, 5.41) is 5.54. The number of carbonyl (C=O) groups is 1. The molecule has 1 heterocycles. The molecule has 0 spiro atoms. The van der Waals surface area contributed by atoms with Crippen LogP contribution in [0.3, 0.4) is 0 Å². The highest BCUT2D eigenvalue weighted by Gasteiger charge is 2.13. The number of ether oxygens (including phenoxy) is 2. The van der Waals surface area contributed by atoms with E-state index < -0.39 is 0 Å². The van der Waals surface area contributed by atoms with E-state index in [0.717, 1.165) is 30.6 Å². The topological polar surface area (TPSA) is 51.4 Å². The van der Waals surface area contributed by atoms with E-state index in [1.54, 1.807) is 29.5 Å². The number of amides is 1. The van der Waals surface area contributed by atoms with Crippen molar-refractivity contribution in [1.29, 1.82) is 0 Å². The van der Waals surface area contributed by atoms with Crippen LogP contribution in [0.1, 0.15) is 95.2 Å². The molecular weight excluding hydrogens is 620 g/mol. The third-order valence-corrected chi connectivity index (χ3v) is 8.13. The molecule has 0 saturated heterocycles.